The highest BCUT2D eigenvalue weighted by Gasteiger charge is 2.46. The second-order valence-corrected chi connectivity index (χ2v) is 11.7. The SMILES string of the molecule is CCc1cccc(-c2c(Cl)cccc2[C@](O)(CCCCOC)[C@H]2CN(C(=O)[C@@H]3C[C@H](O)[C@H](NCCO)C3)CCO2)c1. The third kappa shape index (κ3) is 7.49. The summed E-state index contributed by atoms with van der Waals surface area (Å²) >= 11 is 6.84. The molecule has 1 heterocycles. The molecule has 0 spiro atoms. The Bertz CT molecular complexity index is 1150. The zero-order valence-corrected chi connectivity index (χ0v) is 25.0. The maximum absolute atomic E-state index is 13.6. The van der Waals surface area contributed by atoms with Gasteiger partial charge in [0.1, 0.15) is 11.7 Å². The first-order valence-electron chi connectivity index (χ1n) is 14.8. The summed E-state index contributed by atoms with van der Waals surface area (Å²) in [4.78, 5) is 15.4. The average Bonchev–Trinajstić information content (AvgIpc) is 3.37. The molecule has 5 atom stereocenters. The lowest BCUT2D eigenvalue weighted by atomic mass is 9.78. The van der Waals surface area contributed by atoms with Gasteiger partial charge in [0, 0.05) is 49.4 Å². The van der Waals surface area contributed by atoms with Crippen molar-refractivity contribution in [3.8, 4) is 11.1 Å². The quantitative estimate of drug-likeness (QED) is 0.265. The monoisotopic (exact) mass is 588 g/mol. The number of unbranched alkanes of at least 4 members (excludes halogenated alkanes) is 1. The summed E-state index contributed by atoms with van der Waals surface area (Å²) in [5, 5.41) is 35.9. The first kappa shape index (κ1) is 31.9. The lowest BCUT2D eigenvalue weighted by Crippen LogP contribution is -2.55. The standard InChI is InChI=1S/C32H45ClN2O6/c1-3-22-8-6-9-23(18-22)30-25(10-7-11-26(30)33)32(39,12-4-5-16-40-2)29-21-35(14-17-41-29)31(38)24-19-27(28(37)20-24)34-13-15-36/h6-11,18,24,27-29,34,36-37,39H,3-5,12-17,19-21H2,1-2H3/t24-,27+,28-,29+,32+/m0/s1. The minimum Gasteiger partial charge on any atom is -0.395 e. The van der Waals surface area contributed by atoms with E-state index < -0.39 is 17.8 Å². The van der Waals surface area contributed by atoms with E-state index in [0.717, 1.165) is 24.0 Å². The molecule has 226 valence electrons. The first-order valence-corrected chi connectivity index (χ1v) is 15.2. The van der Waals surface area contributed by atoms with Crippen LogP contribution in [0, 0.1) is 5.92 Å². The minimum absolute atomic E-state index is 0.0236. The van der Waals surface area contributed by atoms with Gasteiger partial charge in [-0.05, 0) is 61.3 Å². The smallest absolute Gasteiger partial charge is 0.226 e. The number of rotatable bonds is 13. The largest absolute Gasteiger partial charge is 0.395 e. The third-order valence-corrected chi connectivity index (χ3v) is 8.88. The Kier molecular flexibility index (Phi) is 11.6. The Hall–Kier alpha value is -2.04. The van der Waals surface area contributed by atoms with E-state index in [1.165, 1.54) is 5.56 Å². The average molecular weight is 589 g/mol. The van der Waals surface area contributed by atoms with Crippen molar-refractivity contribution in [2.75, 3.05) is 46.6 Å². The number of amides is 1. The van der Waals surface area contributed by atoms with Crippen molar-refractivity contribution < 1.29 is 29.6 Å². The van der Waals surface area contributed by atoms with Gasteiger partial charge in [-0.3, -0.25) is 4.79 Å². The van der Waals surface area contributed by atoms with E-state index in [2.05, 4.69) is 24.4 Å². The number of hydrogen-bond donors (Lipinski definition) is 4. The van der Waals surface area contributed by atoms with E-state index in [4.69, 9.17) is 26.2 Å². The van der Waals surface area contributed by atoms with Gasteiger partial charge in [0.25, 0.3) is 0 Å². The number of carbonyl (C=O) groups excluding carboxylic acids is 1. The van der Waals surface area contributed by atoms with Crippen molar-refractivity contribution in [2.24, 2.45) is 5.92 Å². The van der Waals surface area contributed by atoms with Crippen LogP contribution in [0.4, 0.5) is 0 Å². The van der Waals surface area contributed by atoms with Crippen molar-refractivity contribution in [3.05, 3.63) is 58.6 Å². The molecule has 0 aromatic heterocycles. The van der Waals surface area contributed by atoms with Gasteiger partial charge in [0.05, 0.1) is 25.9 Å². The summed E-state index contributed by atoms with van der Waals surface area (Å²) in [6.45, 7) is 4.02. The van der Waals surface area contributed by atoms with E-state index in [0.29, 0.717) is 62.6 Å². The summed E-state index contributed by atoms with van der Waals surface area (Å²) in [7, 11) is 1.67. The summed E-state index contributed by atoms with van der Waals surface area (Å²) in [5.41, 5.74) is 2.18. The number of morpholine rings is 1. The van der Waals surface area contributed by atoms with Gasteiger partial charge in [-0.2, -0.15) is 0 Å². The number of halogens is 1. The van der Waals surface area contributed by atoms with Gasteiger partial charge in [0.15, 0.2) is 0 Å². The Labute approximate surface area is 248 Å². The van der Waals surface area contributed by atoms with Crippen LogP contribution in [0.1, 0.15) is 50.2 Å². The number of carbonyl (C=O) groups is 1. The van der Waals surface area contributed by atoms with Gasteiger partial charge >= 0.3 is 0 Å². The van der Waals surface area contributed by atoms with Crippen LogP contribution < -0.4 is 5.32 Å². The molecule has 41 heavy (non-hydrogen) atoms. The summed E-state index contributed by atoms with van der Waals surface area (Å²) in [5.74, 6) is -0.359. The molecular formula is C32H45ClN2O6. The van der Waals surface area contributed by atoms with E-state index in [-0.39, 0.29) is 31.0 Å². The maximum Gasteiger partial charge on any atom is 0.226 e. The van der Waals surface area contributed by atoms with Crippen LogP contribution in [0.15, 0.2) is 42.5 Å². The molecule has 0 bridgehead atoms. The Morgan fingerprint density at radius 3 is 2.78 bits per heavy atom. The number of aryl methyl sites for hydroxylation is 1. The van der Waals surface area contributed by atoms with Crippen LogP contribution in [0.25, 0.3) is 11.1 Å². The number of nitrogens with one attached hydrogen (secondary N) is 1. The number of methoxy groups -OCH3 is 1. The topological polar surface area (TPSA) is 111 Å². The highest BCUT2D eigenvalue weighted by atomic mass is 35.5. The second kappa shape index (κ2) is 14.9. The van der Waals surface area contributed by atoms with Crippen molar-refractivity contribution in [2.45, 2.75) is 69.3 Å². The van der Waals surface area contributed by atoms with E-state index in [1.807, 2.05) is 30.3 Å². The molecule has 1 aliphatic carbocycles. The molecule has 4 rings (SSSR count). The fraction of sp³-hybridized carbons (Fsp3) is 0.594. The molecular weight excluding hydrogens is 544 g/mol. The molecule has 8 nitrogen and oxygen atoms in total. The van der Waals surface area contributed by atoms with Crippen LogP contribution in [0.5, 0.6) is 0 Å². The van der Waals surface area contributed by atoms with E-state index in [9.17, 15) is 15.0 Å². The van der Waals surface area contributed by atoms with Gasteiger partial charge in [0.2, 0.25) is 5.91 Å². The molecule has 2 aliphatic rings. The second-order valence-electron chi connectivity index (χ2n) is 11.3. The summed E-state index contributed by atoms with van der Waals surface area (Å²) < 4.78 is 11.5. The molecule has 0 radical (unpaired) electrons. The lowest BCUT2D eigenvalue weighted by molar-refractivity contribution is -0.167. The van der Waals surface area contributed by atoms with Crippen LogP contribution in [-0.4, -0.2) is 90.9 Å². The van der Waals surface area contributed by atoms with E-state index >= 15 is 0 Å². The lowest BCUT2D eigenvalue weighted by Gasteiger charge is -2.44. The van der Waals surface area contributed by atoms with Crippen molar-refractivity contribution in [1.82, 2.24) is 10.2 Å². The molecule has 1 amide bonds. The van der Waals surface area contributed by atoms with Crippen LogP contribution in [0.2, 0.25) is 5.02 Å². The Morgan fingerprint density at radius 2 is 2.02 bits per heavy atom. The van der Waals surface area contributed by atoms with Crippen molar-refractivity contribution >= 4 is 17.5 Å². The maximum atomic E-state index is 13.6. The number of ether oxygens (including phenoxy) is 2. The van der Waals surface area contributed by atoms with Crippen LogP contribution >= 0.6 is 11.6 Å². The molecule has 2 aromatic rings. The predicted molar refractivity (Wildman–Crippen MR) is 160 cm³/mol. The van der Waals surface area contributed by atoms with Crippen molar-refractivity contribution in [3.63, 3.8) is 0 Å². The first-order chi connectivity index (χ1) is 19.8. The normalized spacial score (nSPS) is 24.4. The molecule has 0 unspecified atom stereocenters. The fourth-order valence-electron chi connectivity index (χ4n) is 6.32. The number of aliphatic hydroxyl groups is 3. The molecule has 1 saturated carbocycles. The molecule has 2 aromatic carbocycles. The predicted octanol–water partition coefficient (Wildman–Crippen LogP) is 3.52. The molecule has 9 heteroatoms. The van der Waals surface area contributed by atoms with E-state index in [1.54, 1.807) is 12.0 Å². The van der Waals surface area contributed by atoms with Crippen molar-refractivity contribution in [1.29, 1.82) is 0 Å². The van der Waals surface area contributed by atoms with Gasteiger partial charge in [-0.25, -0.2) is 0 Å². The van der Waals surface area contributed by atoms with Gasteiger partial charge in [-0.1, -0.05) is 54.9 Å². The fourth-order valence-corrected chi connectivity index (χ4v) is 6.60. The van der Waals surface area contributed by atoms with Crippen LogP contribution in [0.3, 0.4) is 0 Å². The number of aliphatic hydroxyl groups excluding tert-OH is 2. The Balaban J connectivity index is 1.63. The summed E-state index contributed by atoms with van der Waals surface area (Å²) in [6, 6.07) is 13.6. The van der Waals surface area contributed by atoms with Gasteiger partial charge in [-0.15, -0.1) is 0 Å². The highest BCUT2D eigenvalue weighted by molar-refractivity contribution is 6.33. The molecule has 1 aliphatic heterocycles. The zero-order valence-electron chi connectivity index (χ0n) is 24.2. The number of hydrogen-bond acceptors (Lipinski definition) is 7. The van der Waals surface area contributed by atoms with Crippen LogP contribution in [-0.2, 0) is 26.3 Å². The summed E-state index contributed by atoms with van der Waals surface area (Å²) in [6.07, 6.45) is 2.35. The minimum atomic E-state index is -1.41. The molecule has 4 N–H and O–H groups in total. The molecule has 2 fully saturated rings. The zero-order chi connectivity index (χ0) is 29.4. The molecule has 1 saturated heterocycles. The highest BCUT2D eigenvalue weighted by Crippen LogP contribution is 2.43. The Morgan fingerprint density at radius 1 is 1.22 bits per heavy atom. The number of benzene rings is 2. The third-order valence-electron chi connectivity index (χ3n) is 8.57. The number of nitrogens with zero attached hydrogens (tertiary/aromatic N) is 1. The van der Waals surface area contributed by atoms with Gasteiger partial charge < -0.3 is 35.0 Å².